The van der Waals surface area contributed by atoms with Crippen molar-refractivity contribution in [3.05, 3.63) is 53.1 Å². The monoisotopic (exact) mass is 296 g/mol. The summed E-state index contributed by atoms with van der Waals surface area (Å²) in [6, 6.07) is 5.92. The fraction of sp³-hybridized carbons (Fsp3) is 0.353. The molecule has 2 aromatic rings. The van der Waals surface area contributed by atoms with E-state index in [0.717, 1.165) is 35.7 Å². The summed E-state index contributed by atoms with van der Waals surface area (Å²) >= 11 is 0. The van der Waals surface area contributed by atoms with Gasteiger partial charge >= 0.3 is 6.03 Å². The molecule has 0 aliphatic carbocycles. The Morgan fingerprint density at radius 2 is 2.09 bits per heavy atom. The third-order valence-electron chi connectivity index (χ3n) is 4.08. The Bertz CT molecular complexity index is 670. The summed E-state index contributed by atoms with van der Waals surface area (Å²) in [6.07, 6.45) is 3.64. The Morgan fingerprint density at radius 3 is 2.73 bits per heavy atom. The molecule has 3 heterocycles. The van der Waals surface area contributed by atoms with Crippen molar-refractivity contribution in [3.63, 3.8) is 0 Å². The Balaban J connectivity index is 1.63. The highest BCUT2D eigenvalue weighted by Crippen LogP contribution is 2.27. The highest BCUT2D eigenvalue weighted by atomic mass is 16.2. The van der Waals surface area contributed by atoms with Crippen molar-refractivity contribution >= 4 is 11.7 Å². The summed E-state index contributed by atoms with van der Waals surface area (Å²) in [7, 11) is 0. The summed E-state index contributed by atoms with van der Waals surface area (Å²) in [4.78, 5) is 22.7. The Morgan fingerprint density at radius 1 is 1.32 bits per heavy atom. The molecule has 0 aromatic carbocycles. The van der Waals surface area contributed by atoms with E-state index in [1.807, 2.05) is 44.0 Å². The summed E-state index contributed by atoms with van der Waals surface area (Å²) in [6.45, 7) is 7.33. The average molecular weight is 296 g/mol. The number of nitrogens with one attached hydrogen (secondary N) is 1. The molecule has 0 atom stereocenters. The molecule has 114 valence electrons. The van der Waals surface area contributed by atoms with Crippen LogP contribution in [0.2, 0.25) is 0 Å². The van der Waals surface area contributed by atoms with Gasteiger partial charge in [0.2, 0.25) is 0 Å². The number of hydrogen-bond donors (Lipinski definition) is 1. The molecule has 2 amide bonds. The van der Waals surface area contributed by atoms with Crippen LogP contribution in [0.25, 0.3) is 0 Å². The van der Waals surface area contributed by atoms with E-state index in [0.29, 0.717) is 5.92 Å². The molecule has 5 heteroatoms. The van der Waals surface area contributed by atoms with Crippen LogP contribution in [0.5, 0.6) is 0 Å². The summed E-state index contributed by atoms with van der Waals surface area (Å²) in [5, 5.41) is 2.99. The number of urea groups is 1. The first-order chi connectivity index (χ1) is 10.5. The lowest BCUT2D eigenvalue weighted by atomic mass is 9.93. The van der Waals surface area contributed by atoms with E-state index in [1.54, 1.807) is 6.20 Å². The minimum Gasteiger partial charge on any atom is -0.323 e. The minimum absolute atomic E-state index is 0.0583. The van der Waals surface area contributed by atoms with E-state index in [1.165, 1.54) is 5.56 Å². The van der Waals surface area contributed by atoms with Crippen LogP contribution in [-0.4, -0.2) is 34.0 Å². The van der Waals surface area contributed by atoms with E-state index in [4.69, 9.17) is 0 Å². The van der Waals surface area contributed by atoms with E-state index in [-0.39, 0.29) is 6.03 Å². The molecule has 3 rings (SSSR count). The highest BCUT2D eigenvalue weighted by Gasteiger charge is 2.32. The van der Waals surface area contributed by atoms with Crippen LogP contribution in [0.3, 0.4) is 0 Å². The number of aryl methyl sites for hydroxylation is 3. The lowest BCUT2D eigenvalue weighted by Crippen LogP contribution is -2.50. The van der Waals surface area contributed by atoms with Gasteiger partial charge in [-0.15, -0.1) is 0 Å². The third-order valence-corrected chi connectivity index (χ3v) is 4.08. The summed E-state index contributed by atoms with van der Waals surface area (Å²) in [5.41, 5.74) is 4.88. The maximum atomic E-state index is 12.3. The second-order valence-electron chi connectivity index (χ2n) is 5.86. The van der Waals surface area contributed by atoms with Gasteiger partial charge in [0.05, 0.1) is 11.4 Å². The molecule has 1 aliphatic rings. The zero-order valence-electron chi connectivity index (χ0n) is 13.1. The lowest BCUT2D eigenvalue weighted by molar-refractivity contribution is 0.163. The second-order valence-corrected chi connectivity index (χ2v) is 5.86. The number of pyridine rings is 2. The summed E-state index contributed by atoms with van der Waals surface area (Å²) in [5.74, 6) is 0.387. The van der Waals surface area contributed by atoms with Gasteiger partial charge in [0.25, 0.3) is 0 Å². The molecular formula is C17H20N4O. The van der Waals surface area contributed by atoms with Gasteiger partial charge < -0.3 is 10.2 Å². The number of likely N-dealkylation sites (tertiary alicyclic amines) is 1. The molecule has 1 saturated heterocycles. The lowest BCUT2D eigenvalue weighted by Gasteiger charge is -2.39. The maximum Gasteiger partial charge on any atom is 0.321 e. The largest absolute Gasteiger partial charge is 0.323 e. The third kappa shape index (κ3) is 2.79. The van der Waals surface area contributed by atoms with Gasteiger partial charge in [-0.1, -0.05) is 6.07 Å². The van der Waals surface area contributed by atoms with Gasteiger partial charge in [-0.3, -0.25) is 9.97 Å². The molecule has 0 unspecified atom stereocenters. The van der Waals surface area contributed by atoms with Crippen molar-refractivity contribution in [1.29, 1.82) is 0 Å². The smallest absolute Gasteiger partial charge is 0.321 e. The van der Waals surface area contributed by atoms with Crippen molar-refractivity contribution in [2.75, 3.05) is 18.4 Å². The van der Waals surface area contributed by atoms with Crippen LogP contribution in [-0.2, 0) is 0 Å². The van der Waals surface area contributed by atoms with E-state index < -0.39 is 0 Å². The normalized spacial score (nSPS) is 14.6. The fourth-order valence-corrected chi connectivity index (χ4v) is 2.87. The molecule has 1 N–H and O–H groups in total. The maximum absolute atomic E-state index is 12.3. The van der Waals surface area contributed by atoms with Gasteiger partial charge in [-0.2, -0.15) is 0 Å². The molecule has 0 spiro atoms. The van der Waals surface area contributed by atoms with E-state index in [2.05, 4.69) is 21.4 Å². The zero-order chi connectivity index (χ0) is 15.7. The van der Waals surface area contributed by atoms with Crippen molar-refractivity contribution in [2.24, 2.45) is 0 Å². The SMILES string of the molecule is Cc1cc(C)c(NC(=O)N2CC(c3cccnc3)C2)c(C)n1. The predicted molar refractivity (Wildman–Crippen MR) is 86.0 cm³/mol. The molecule has 22 heavy (non-hydrogen) atoms. The Labute approximate surface area is 130 Å². The van der Waals surface area contributed by atoms with Gasteiger partial charge in [0.15, 0.2) is 0 Å². The van der Waals surface area contributed by atoms with Crippen LogP contribution in [0, 0.1) is 20.8 Å². The summed E-state index contributed by atoms with van der Waals surface area (Å²) < 4.78 is 0. The molecule has 1 aliphatic heterocycles. The van der Waals surface area contributed by atoms with Crippen LogP contribution in [0.4, 0.5) is 10.5 Å². The molecule has 0 radical (unpaired) electrons. The van der Waals surface area contributed by atoms with E-state index >= 15 is 0 Å². The number of anilines is 1. The first kappa shape index (κ1) is 14.5. The highest BCUT2D eigenvalue weighted by molar-refractivity contribution is 5.91. The number of amides is 2. The van der Waals surface area contributed by atoms with Crippen LogP contribution in [0.15, 0.2) is 30.6 Å². The average Bonchev–Trinajstić information content (AvgIpc) is 2.42. The fourth-order valence-electron chi connectivity index (χ4n) is 2.87. The first-order valence-electron chi connectivity index (χ1n) is 7.45. The van der Waals surface area contributed by atoms with Crippen LogP contribution < -0.4 is 5.32 Å². The minimum atomic E-state index is -0.0583. The topological polar surface area (TPSA) is 58.1 Å². The molecule has 0 bridgehead atoms. The number of rotatable bonds is 2. The van der Waals surface area contributed by atoms with Gasteiger partial charge in [-0.25, -0.2) is 4.79 Å². The number of carbonyl (C=O) groups excluding carboxylic acids is 1. The van der Waals surface area contributed by atoms with Gasteiger partial charge in [0.1, 0.15) is 0 Å². The van der Waals surface area contributed by atoms with Crippen molar-refractivity contribution in [2.45, 2.75) is 26.7 Å². The van der Waals surface area contributed by atoms with Crippen molar-refractivity contribution in [3.8, 4) is 0 Å². The number of carbonyl (C=O) groups is 1. The molecule has 5 nitrogen and oxygen atoms in total. The number of aromatic nitrogens is 2. The van der Waals surface area contributed by atoms with E-state index in [9.17, 15) is 4.79 Å². The quantitative estimate of drug-likeness (QED) is 0.926. The van der Waals surface area contributed by atoms with Crippen molar-refractivity contribution < 1.29 is 4.79 Å². The predicted octanol–water partition coefficient (Wildman–Crippen LogP) is 3.03. The molecular weight excluding hydrogens is 276 g/mol. The standard InChI is InChI=1S/C17H20N4O/c1-11-7-12(2)19-13(3)16(11)20-17(22)21-9-15(10-21)14-5-4-6-18-8-14/h4-8,15H,9-10H2,1-3H3,(H,20,22). The first-order valence-corrected chi connectivity index (χ1v) is 7.45. The molecule has 0 saturated carbocycles. The van der Waals surface area contributed by atoms with Gasteiger partial charge in [-0.05, 0) is 44.0 Å². The Hall–Kier alpha value is -2.43. The molecule has 1 fully saturated rings. The zero-order valence-corrected chi connectivity index (χ0v) is 13.1. The van der Waals surface area contributed by atoms with Crippen LogP contribution in [0.1, 0.15) is 28.4 Å². The number of nitrogens with zero attached hydrogens (tertiary/aromatic N) is 3. The Kier molecular flexibility index (Phi) is 3.79. The second kappa shape index (κ2) is 5.75. The number of hydrogen-bond acceptors (Lipinski definition) is 3. The van der Waals surface area contributed by atoms with Crippen LogP contribution >= 0.6 is 0 Å². The van der Waals surface area contributed by atoms with Gasteiger partial charge in [0, 0.05) is 37.1 Å². The van der Waals surface area contributed by atoms with Crippen molar-refractivity contribution in [1.82, 2.24) is 14.9 Å². The molecule has 2 aromatic heterocycles.